The van der Waals surface area contributed by atoms with Crippen LogP contribution in [0.3, 0.4) is 0 Å². The van der Waals surface area contributed by atoms with Crippen LogP contribution in [-0.2, 0) is 31.1 Å². The first-order chi connectivity index (χ1) is 24.6. The maximum Gasteiger partial charge on any atom is 0.317 e. The number of pyridine rings is 2. The number of hydrogen-bond donors (Lipinski definition) is 2. The SMILES string of the molecule is Cc1c(COc2cc(OCc3cncc(C#N)c3)c(CN=C[C@](C)(CO)C(=O)O)cc2Cl)cccc1-c1cccn(CCCN2CCCC2)c1=O. The van der Waals surface area contributed by atoms with Gasteiger partial charge in [-0.25, -0.2) is 0 Å². The molecule has 0 radical (unpaired) electrons. The second kappa shape index (κ2) is 17.3. The summed E-state index contributed by atoms with van der Waals surface area (Å²) < 4.78 is 14.2. The Morgan fingerprint density at radius 1 is 1.06 bits per heavy atom. The summed E-state index contributed by atoms with van der Waals surface area (Å²) in [7, 11) is 0. The van der Waals surface area contributed by atoms with Crippen molar-refractivity contribution in [2.75, 3.05) is 26.2 Å². The maximum atomic E-state index is 13.5. The lowest BCUT2D eigenvalue weighted by Crippen LogP contribution is -2.33. The van der Waals surface area contributed by atoms with Crippen LogP contribution in [0.4, 0.5) is 0 Å². The van der Waals surface area contributed by atoms with Crippen LogP contribution < -0.4 is 15.0 Å². The van der Waals surface area contributed by atoms with E-state index in [0.29, 0.717) is 40.3 Å². The van der Waals surface area contributed by atoms with E-state index in [9.17, 15) is 25.1 Å². The number of rotatable bonds is 16. The lowest BCUT2D eigenvalue weighted by molar-refractivity contribution is -0.145. The fourth-order valence-corrected chi connectivity index (χ4v) is 6.16. The Balaban J connectivity index is 1.36. The van der Waals surface area contributed by atoms with Gasteiger partial charge in [0.15, 0.2) is 0 Å². The van der Waals surface area contributed by atoms with Gasteiger partial charge in [-0.15, -0.1) is 0 Å². The number of likely N-dealkylation sites (tertiary alicyclic amines) is 1. The number of aromatic nitrogens is 2. The second-order valence-electron chi connectivity index (χ2n) is 12.9. The molecule has 1 fully saturated rings. The minimum absolute atomic E-state index is 0.0166. The summed E-state index contributed by atoms with van der Waals surface area (Å²) in [4.78, 5) is 36.0. The van der Waals surface area contributed by atoms with Crippen molar-refractivity contribution in [1.82, 2.24) is 14.5 Å². The molecule has 4 aromatic rings. The van der Waals surface area contributed by atoms with E-state index < -0.39 is 18.0 Å². The van der Waals surface area contributed by atoms with Crippen molar-refractivity contribution in [1.29, 1.82) is 5.26 Å². The topological polar surface area (TPSA) is 150 Å². The molecule has 1 aliphatic rings. The lowest BCUT2D eigenvalue weighted by Gasteiger charge is -2.18. The predicted octanol–water partition coefficient (Wildman–Crippen LogP) is 6.04. The predicted molar refractivity (Wildman–Crippen MR) is 195 cm³/mol. The van der Waals surface area contributed by atoms with Crippen molar-refractivity contribution in [3.8, 4) is 28.7 Å². The van der Waals surface area contributed by atoms with Gasteiger partial charge in [0.2, 0.25) is 0 Å². The van der Waals surface area contributed by atoms with E-state index >= 15 is 0 Å². The van der Waals surface area contributed by atoms with Gasteiger partial charge in [0.1, 0.15) is 36.2 Å². The Bertz CT molecular complexity index is 1980. The molecule has 0 spiro atoms. The average molecular weight is 712 g/mol. The van der Waals surface area contributed by atoms with Crippen molar-refractivity contribution in [3.63, 3.8) is 0 Å². The minimum Gasteiger partial charge on any atom is -0.488 e. The van der Waals surface area contributed by atoms with Crippen LogP contribution in [0.25, 0.3) is 11.1 Å². The summed E-state index contributed by atoms with van der Waals surface area (Å²) in [6, 6.07) is 16.6. The highest BCUT2D eigenvalue weighted by atomic mass is 35.5. The fraction of sp³-hybridized carbons (Fsp3) is 0.359. The Morgan fingerprint density at radius 2 is 1.82 bits per heavy atom. The highest BCUT2D eigenvalue weighted by molar-refractivity contribution is 6.32. The molecule has 0 amide bonds. The molecule has 266 valence electrons. The molecule has 0 unspecified atom stereocenters. The first kappa shape index (κ1) is 37.2. The van der Waals surface area contributed by atoms with Crippen LogP contribution in [0.1, 0.15) is 54.0 Å². The lowest BCUT2D eigenvalue weighted by atomic mass is 9.94. The molecule has 12 heteroatoms. The number of carboxylic acid groups (broad SMARTS) is 1. The molecule has 2 aromatic carbocycles. The number of carboxylic acids is 1. The first-order valence-corrected chi connectivity index (χ1v) is 17.3. The summed E-state index contributed by atoms with van der Waals surface area (Å²) in [5, 5.41) is 28.7. The minimum atomic E-state index is -1.55. The van der Waals surface area contributed by atoms with Gasteiger partial charge in [0.25, 0.3) is 5.56 Å². The van der Waals surface area contributed by atoms with E-state index in [1.165, 1.54) is 32.2 Å². The molecule has 11 nitrogen and oxygen atoms in total. The molecular formula is C39H42ClN5O6. The van der Waals surface area contributed by atoms with Crippen LogP contribution in [0.15, 0.2) is 76.9 Å². The third kappa shape index (κ3) is 9.41. The van der Waals surface area contributed by atoms with Gasteiger partial charge in [-0.2, -0.15) is 5.26 Å². The molecule has 2 aromatic heterocycles. The number of aliphatic carboxylic acids is 1. The molecule has 1 atom stereocenters. The Labute approximate surface area is 302 Å². The van der Waals surface area contributed by atoms with Crippen molar-refractivity contribution < 1.29 is 24.5 Å². The second-order valence-corrected chi connectivity index (χ2v) is 13.3. The Kier molecular flexibility index (Phi) is 12.6. The molecule has 3 heterocycles. The van der Waals surface area contributed by atoms with E-state index in [0.717, 1.165) is 42.7 Å². The zero-order valence-electron chi connectivity index (χ0n) is 28.8. The third-order valence-corrected chi connectivity index (χ3v) is 9.40. The molecule has 1 aliphatic heterocycles. The standard InChI is InChI=1S/C39H42ClN5O6/c1-27-30(8-5-9-32(27)33-10-6-14-45(37(33)47)15-7-13-44-11-3-4-12-44)24-51-36-18-35(50-23-29-16-28(19-41)20-42-21-29)31(17-34(36)40)22-43-25-39(2,26-46)38(48)49/h5-6,8-10,14,16-18,20-21,25,46H,3-4,7,11-13,15,22-24,26H2,1-2H3,(H,48,49)/t39-/m1/s1. The Hall–Kier alpha value is -5.02. The molecule has 2 N–H and O–H groups in total. The number of hydrogen-bond acceptors (Lipinski definition) is 9. The van der Waals surface area contributed by atoms with Crippen LogP contribution >= 0.6 is 11.6 Å². The molecule has 0 saturated carbocycles. The average Bonchev–Trinajstić information content (AvgIpc) is 3.66. The summed E-state index contributed by atoms with van der Waals surface area (Å²) in [5.41, 5.74) is 3.29. The van der Waals surface area contributed by atoms with E-state index in [4.69, 9.17) is 21.1 Å². The number of nitrogens with zero attached hydrogens (tertiary/aromatic N) is 5. The van der Waals surface area contributed by atoms with Crippen LogP contribution in [0.2, 0.25) is 5.02 Å². The largest absolute Gasteiger partial charge is 0.488 e. The Morgan fingerprint density at radius 3 is 2.57 bits per heavy atom. The zero-order valence-corrected chi connectivity index (χ0v) is 29.6. The number of aliphatic hydroxyl groups is 1. The van der Waals surface area contributed by atoms with Crippen LogP contribution in [-0.4, -0.2) is 63.1 Å². The van der Waals surface area contributed by atoms with E-state index in [1.54, 1.807) is 29.0 Å². The van der Waals surface area contributed by atoms with Gasteiger partial charge < -0.3 is 29.2 Å². The zero-order chi connectivity index (χ0) is 36.4. The number of aliphatic imine (C=N–C) groups is 1. The van der Waals surface area contributed by atoms with Gasteiger partial charge in [-0.3, -0.25) is 19.6 Å². The number of benzene rings is 2. The number of nitriles is 1. The molecule has 0 bridgehead atoms. The molecular weight excluding hydrogens is 670 g/mol. The molecule has 51 heavy (non-hydrogen) atoms. The van der Waals surface area contributed by atoms with Crippen molar-refractivity contribution in [3.05, 3.63) is 110 Å². The smallest absolute Gasteiger partial charge is 0.317 e. The normalized spacial score (nSPS) is 14.3. The van der Waals surface area contributed by atoms with E-state index in [1.807, 2.05) is 43.5 Å². The molecule has 0 aliphatic carbocycles. The van der Waals surface area contributed by atoms with Gasteiger partial charge in [0.05, 0.1) is 23.7 Å². The molecule has 5 rings (SSSR count). The van der Waals surface area contributed by atoms with Gasteiger partial charge in [-0.1, -0.05) is 29.8 Å². The van der Waals surface area contributed by atoms with Crippen molar-refractivity contribution in [2.24, 2.45) is 10.4 Å². The molecule has 1 saturated heterocycles. The number of aliphatic hydroxyl groups excluding tert-OH is 1. The maximum absolute atomic E-state index is 13.5. The van der Waals surface area contributed by atoms with Crippen molar-refractivity contribution in [2.45, 2.75) is 59.4 Å². The van der Waals surface area contributed by atoms with E-state index in [-0.39, 0.29) is 30.3 Å². The van der Waals surface area contributed by atoms with Gasteiger partial charge in [-0.05, 0) is 93.7 Å². The van der Waals surface area contributed by atoms with Gasteiger partial charge >= 0.3 is 5.97 Å². The number of aryl methyl sites for hydroxylation is 1. The van der Waals surface area contributed by atoms with Gasteiger partial charge in [0, 0.05) is 54.1 Å². The first-order valence-electron chi connectivity index (χ1n) is 16.9. The number of ether oxygens (including phenoxy) is 2. The number of halogens is 1. The third-order valence-electron chi connectivity index (χ3n) is 9.10. The fourth-order valence-electron chi connectivity index (χ4n) is 5.92. The summed E-state index contributed by atoms with van der Waals surface area (Å²) >= 11 is 6.70. The highest BCUT2D eigenvalue weighted by Gasteiger charge is 2.30. The highest BCUT2D eigenvalue weighted by Crippen LogP contribution is 2.35. The van der Waals surface area contributed by atoms with Crippen molar-refractivity contribution >= 4 is 23.8 Å². The van der Waals surface area contributed by atoms with Crippen LogP contribution in [0, 0.1) is 23.7 Å². The monoisotopic (exact) mass is 711 g/mol. The summed E-state index contributed by atoms with van der Waals surface area (Å²) in [6.07, 6.45) is 9.51. The number of carbonyl (C=O) groups is 1. The quantitative estimate of drug-likeness (QED) is 0.133. The summed E-state index contributed by atoms with van der Waals surface area (Å²) in [5.74, 6) is -0.476. The van der Waals surface area contributed by atoms with E-state index in [2.05, 4.69) is 20.9 Å². The summed E-state index contributed by atoms with van der Waals surface area (Å²) in [6.45, 7) is 6.90. The van der Waals surface area contributed by atoms with Crippen LogP contribution in [0.5, 0.6) is 11.5 Å².